The van der Waals surface area contributed by atoms with Crippen LogP contribution in [0.5, 0.6) is 0 Å². The van der Waals surface area contributed by atoms with Crippen LogP contribution in [-0.2, 0) is 6.42 Å². The Kier molecular flexibility index (Phi) is 4.82. The Morgan fingerprint density at radius 3 is 2.25 bits per heavy atom. The van der Waals surface area contributed by atoms with Gasteiger partial charge in [0.2, 0.25) is 0 Å². The summed E-state index contributed by atoms with van der Waals surface area (Å²) in [6.45, 7) is 0. The molecule has 7 rings (SSSR count). The molecule has 6 aromatic rings. The average molecular weight is 483 g/mol. The van der Waals surface area contributed by atoms with E-state index in [1.807, 2.05) is 30.3 Å². The number of para-hydroxylation sites is 2. The molecule has 0 saturated carbocycles. The van der Waals surface area contributed by atoms with Crippen LogP contribution in [0, 0.1) is 0 Å². The third-order valence-corrected chi connectivity index (χ3v) is 7.09. The molecule has 0 bridgehead atoms. The number of fused-ring (bicyclic) bond motifs is 7. The van der Waals surface area contributed by atoms with Crippen molar-refractivity contribution in [2.45, 2.75) is 6.42 Å². The first kappa shape index (κ1) is 20.9. The highest BCUT2D eigenvalue weighted by Crippen LogP contribution is 2.43. The Morgan fingerprint density at radius 2 is 1.39 bits per heavy atom. The van der Waals surface area contributed by atoms with Gasteiger partial charge in [-0.3, -0.25) is 4.99 Å². The van der Waals surface area contributed by atoms with Crippen LogP contribution in [0.4, 0.5) is 17.1 Å². The lowest BCUT2D eigenvalue weighted by Crippen LogP contribution is -2.18. The summed E-state index contributed by atoms with van der Waals surface area (Å²) < 4.78 is 0. The zero-order valence-corrected chi connectivity index (χ0v) is 20.2. The van der Waals surface area contributed by atoms with Gasteiger partial charge in [0, 0.05) is 45.8 Å². The maximum absolute atomic E-state index is 5.59. The van der Waals surface area contributed by atoms with E-state index in [4.69, 9.17) is 17.2 Å². The van der Waals surface area contributed by atoms with Crippen molar-refractivity contribution in [1.82, 2.24) is 4.98 Å². The van der Waals surface area contributed by atoms with Gasteiger partial charge in [-0.1, -0.05) is 66.7 Å². The van der Waals surface area contributed by atoms with Gasteiger partial charge in [-0.05, 0) is 64.3 Å². The first-order valence-electron chi connectivity index (χ1n) is 12.0. The highest BCUT2D eigenvalue weighted by atomic mass is 32.1. The van der Waals surface area contributed by atoms with Gasteiger partial charge in [0.1, 0.15) is 0 Å². The van der Waals surface area contributed by atoms with Gasteiger partial charge in [-0.2, -0.15) is 0 Å². The molecular formula is C31H22N4S. The summed E-state index contributed by atoms with van der Waals surface area (Å²) in [5, 5.41) is 13.2. The topological polar surface area (TPSA) is 52.2 Å². The van der Waals surface area contributed by atoms with Gasteiger partial charge in [0.05, 0.1) is 11.4 Å². The smallest absolute Gasteiger partial charge is 0.175 e. The molecule has 2 heterocycles. The second-order valence-electron chi connectivity index (χ2n) is 9.06. The molecule has 36 heavy (non-hydrogen) atoms. The summed E-state index contributed by atoms with van der Waals surface area (Å²) in [7, 11) is 0. The molecule has 0 amide bonds. The highest BCUT2D eigenvalue weighted by Gasteiger charge is 2.24. The number of aromatic nitrogens is 1. The fourth-order valence-electron chi connectivity index (χ4n) is 5.25. The number of aromatic amines is 1. The van der Waals surface area contributed by atoms with E-state index in [0.717, 1.165) is 34.7 Å². The first-order valence-corrected chi connectivity index (χ1v) is 12.4. The molecule has 0 fully saturated rings. The molecule has 4 nitrogen and oxygen atoms in total. The summed E-state index contributed by atoms with van der Waals surface area (Å²) in [4.78, 5) is 8.61. The quantitative estimate of drug-likeness (QED) is 0.177. The van der Waals surface area contributed by atoms with E-state index >= 15 is 0 Å². The number of thiocarbonyl (C=S) groups is 1. The summed E-state index contributed by atoms with van der Waals surface area (Å²) in [6, 6.07) is 33.4. The second-order valence-corrected chi connectivity index (χ2v) is 9.47. The van der Waals surface area contributed by atoms with Crippen molar-refractivity contribution in [3.05, 3.63) is 114 Å². The van der Waals surface area contributed by atoms with Crippen LogP contribution < -0.4 is 10.6 Å². The van der Waals surface area contributed by atoms with Gasteiger partial charge in [-0.25, -0.2) is 0 Å². The number of hydrogen-bond donors (Lipinski definition) is 3. The third-order valence-electron chi connectivity index (χ3n) is 6.88. The van der Waals surface area contributed by atoms with Crippen molar-refractivity contribution in [2.24, 2.45) is 4.99 Å². The van der Waals surface area contributed by atoms with Crippen molar-refractivity contribution < 1.29 is 0 Å². The average Bonchev–Trinajstić information content (AvgIpc) is 3.54. The standard InChI is InChI=1S/C31H22N4S/c36-31(33-19-8-2-1-3-9-19)34-20-14-15-22-21-10-4-5-12-24(21)30-26(25(22)16-20)17-29(35-30)27-18-32-28-13-7-6-11-23(27)28/h1-16,18,32H,17H2,(H2,33,34,36). The Balaban J connectivity index is 1.32. The van der Waals surface area contributed by atoms with Crippen LogP contribution in [-0.4, -0.2) is 15.8 Å². The molecule has 0 atom stereocenters. The predicted octanol–water partition coefficient (Wildman–Crippen LogP) is 7.96. The molecule has 0 spiro atoms. The van der Waals surface area contributed by atoms with E-state index in [1.165, 1.54) is 38.1 Å². The molecule has 172 valence electrons. The molecular weight excluding hydrogens is 460 g/mol. The number of aliphatic imine (C=N–C) groups is 1. The van der Waals surface area contributed by atoms with Crippen molar-refractivity contribution in [3.63, 3.8) is 0 Å². The zero-order valence-electron chi connectivity index (χ0n) is 19.4. The maximum Gasteiger partial charge on any atom is 0.175 e. The minimum absolute atomic E-state index is 0.564. The van der Waals surface area contributed by atoms with Crippen molar-refractivity contribution in [1.29, 1.82) is 0 Å². The molecule has 1 aliphatic heterocycles. The van der Waals surface area contributed by atoms with E-state index in [0.29, 0.717) is 5.11 Å². The summed E-state index contributed by atoms with van der Waals surface area (Å²) in [6.07, 6.45) is 2.87. The van der Waals surface area contributed by atoms with E-state index in [2.05, 4.69) is 88.5 Å². The Bertz CT molecular complexity index is 1830. The lowest BCUT2D eigenvalue weighted by molar-refractivity contribution is 1.42. The number of nitrogens with one attached hydrogen (secondary N) is 3. The molecule has 0 aliphatic carbocycles. The fraction of sp³-hybridized carbons (Fsp3) is 0.0323. The Hall–Kier alpha value is -4.48. The lowest BCUT2D eigenvalue weighted by Gasteiger charge is -2.14. The van der Waals surface area contributed by atoms with Crippen molar-refractivity contribution in [2.75, 3.05) is 10.6 Å². The monoisotopic (exact) mass is 482 g/mol. The second kappa shape index (κ2) is 8.33. The molecule has 1 aliphatic rings. The fourth-order valence-corrected chi connectivity index (χ4v) is 5.49. The first-order chi connectivity index (χ1) is 17.7. The molecule has 5 aromatic carbocycles. The van der Waals surface area contributed by atoms with E-state index < -0.39 is 0 Å². The number of anilines is 2. The summed E-state index contributed by atoms with van der Waals surface area (Å²) in [5.41, 5.74) is 7.64. The van der Waals surface area contributed by atoms with Gasteiger partial charge in [0.25, 0.3) is 0 Å². The largest absolute Gasteiger partial charge is 0.360 e. The van der Waals surface area contributed by atoms with Crippen LogP contribution in [0.3, 0.4) is 0 Å². The van der Waals surface area contributed by atoms with Crippen LogP contribution in [0.2, 0.25) is 0 Å². The van der Waals surface area contributed by atoms with Gasteiger partial charge < -0.3 is 15.6 Å². The lowest BCUT2D eigenvalue weighted by atomic mass is 9.93. The molecule has 5 heteroatoms. The predicted molar refractivity (Wildman–Crippen MR) is 156 cm³/mol. The maximum atomic E-state index is 5.59. The minimum Gasteiger partial charge on any atom is -0.360 e. The molecule has 3 N–H and O–H groups in total. The van der Waals surface area contributed by atoms with Crippen LogP contribution in [0.25, 0.3) is 32.4 Å². The SMILES string of the molecule is S=C(Nc1ccccc1)Nc1ccc2c(c1)c1c(c3ccccc32)N=C(c2c[nH]c3ccccc23)C1. The molecule has 0 saturated heterocycles. The van der Waals surface area contributed by atoms with Crippen molar-refractivity contribution in [3.8, 4) is 0 Å². The van der Waals surface area contributed by atoms with Crippen LogP contribution in [0.1, 0.15) is 11.1 Å². The summed E-state index contributed by atoms with van der Waals surface area (Å²) >= 11 is 5.59. The van der Waals surface area contributed by atoms with Gasteiger partial charge >= 0.3 is 0 Å². The van der Waals surface area contributed by atoms with E-state index in [9.17, 15) is 0 Å². The Labute approximate surface area is 213 Å². The number of benzene rings is 5. The van der Waals surface area contributed by atoms with E-state index in [-0.39, 0.29) is 0 Å². The number of rotatable bonds is 3. The van der Waals surface area contributed by atoms with Crippen molar-refractivity contribution >= 4 is 72.6 Å². The molecule has 1 aromatic heterocycles. The Morgan fingerprint density at radius 1 is 0.694 bits per heavy atom. The van der Waals surface area contributed by atoms with Crippen LogP contribution >= 0.6 is 12.2 Å². The van der Waals surface area contributed by atoms with Gasteiger partial charge in [-0.15, -0.1) is 0 Å². The third kappa shape index (κ3) is 3.44. The molecule has 0 radical (unpaired) electrons. The normalized spacial score (nSPS) is 12.6. The molecule has 0 unspecified atom stereocenters. The number of H-pyrrole nitrogens is 1. The number of hydrogen-bond acceptors (Lipinski definition) is 2. The van der Waals surface area contributed by atoms with Gasteiger partial charge in [0.15, 0.2) is 5.11 Å². The minimum atomic E-state index is 0.564. The highest BCUT2D eigenvalue weighted by molar-refractivity contribution is 7.80. The van der Waals surface area contributed by atoms with Crippen LogP contribution in [0.15, 0.2) is 108 Å². The zero-order chi connectivity index (χ0) is 24.1. The van der Waals surface area contributed by atoms with E-state index in [1.54, 1.807) is 0 Å². The summed E-state index contributed by atoms with van der Waals surface area (Å²) in [5.74, 6) is 0. The number of nitrogens with zero attached hydrogens (tertiary/aromatic N) is 1.